The number of guanidine groups is 1. The molecule has 2 aliphatic heterocycles. The Labute approximate surface area is 214 Å². The number of carbonyl (C=O) groups is 1. The minimum absolute atomic E-state index is 0. The van der Waals surface area contributed by atoms with E-state index >= 15 is 0 Å². The van der Waals surface area contributed by atoms with Crippen molar-refractivity contribution < 1.29 is 4.79 Å². The first-order valence-electron chi connectivity index (χ1n) is 12.2. The smallest absolute Gasteiger partial charge is 0.225 e. The lowest BCUT2D eigenvalue weighted by atomic mass is 9.88. The predicted octanol–water partition coefficient (Wildman–Crippen LogP) is 4.10. The van der Waals surface area contributed by atoms with Crippen molar-refractivity contribution >= 4 is 47.2 Å². The Morgan fingerprint density at radius 1 is 1.19 bits per heavy atom. The molecule has 0 radical (unpaired) electrons. The third-order valence-electron chi connectivity index (χ3n) is 7.22. The minimum atomic E-state index is 0. The number of halogens is 1. The number of amides is 1. The van der Waals surface area contributed by atoms with Gasteiger partial charge in [-0.25, -0.2) is 0 Å². The molecule has 2 saturated heterocycles. The van der Waals surface area contributed by atoms with Gasteiger partial charge in [-0.3, -0.25) is 14.7 Å². The molecule has 3 atom stereocenters. The lowest BCUT2D eigenvalue weighted by molar-refractivity contribution is -0.134. The van der Waals surface area contributed by atoms with Gasteiger partial charge in [0.25, 0.3) is 0 Å². The fraction of sp³-hybridized carbons (Fsp3) is 0.750. The number of rotatable bonds is 6. The highest BCUT2D eigenvalue weighted by Gasteiger charge is 2.33. The normalized spacial score (nSPS) is 27.4. The molecule has 32 heavy (non-hydrogen) atoms. The fourth-order valence-electron chi connectivity index (χ4n) is 5.59. The minimum Gasteiger partial charge on any atom is -0.357 e. The van der Waals surface area contributed by atoms with Crippen LogP contribution in [0.25, 0.3) is 0 Å². The van der Waals surface area contributed by atoms with E-state index in [9.17, 15) is 4.79 Å². The second-order valence-corrected chi connectivity index (χ2v) is 10.4. The first-order valence-corrected chi connectivity index (χ1v) is 13.1. The topological polar surface area (TPSA) is 60.0 Å². The molecule has 3 fully saturated rings. The van der Waals surface area contributed by atoms with Crippen molar-refractivity contribution in [1.82, 2.24) is 20.4 Å². The largest absolute Gasteiger partial charge is 0.357 e. The van der Waals surface area contributed by atoms with E-state index in [0.29, 0.717) is 23.9 Å². The number of carbonyl (C=O) groups excluding carboxylic acids is 1. The van der Waals surface area contributed by atoms with Crippen molar-refractivity contribution in [3.63, 3.8) is 0 Å². The van der Waals surface area contributed by atoms with Gasteiger partial charge in [-0.15, -0.1) is 35.3 Å². The number of nitrogens with one attached hydrogen (secondary N) is 2. The maximum absolute atomic E-state index is 12.8. The van der Waals surface area contributed by atoms with E-state index in [1.54, 1.807) is 0 Å². The number of hydrogen-bond donors (Lipinski definition) is 2. The zero-order chi connectivity index (χ0) is 21.6. The van der Waals surface area contributed by atoms with Crippen LogP contribution in [0, 0.1) is 11.8 Å². The third kappa shape index (κ3) is 6.38. The average Bonchev–Trinajstić information content (AvgIpc) is 3.54. The molecule has 0 aromatic carbocycles. The maximum atomic E-state index is 12.8. The summed E-state index contributed by atoms with van der Waals surface area (Å²) >= 11 is 1.86. The highest BCUT2D eigenvalue weighted by atomic mass is 127. The van der Waals surface area contributed by atoms with Crippen LogP contribution in [0.2, 0.25) is 0 Å². The molecule has 1 amide bonds. The van der Waals surface area contributed by atoms with Crippen LogP contribution in [0.5, 0.6) is 0 Å². The van der Waals surface area contributed by atoms with Crippen LogP contribution in [-0.4, -0.2) is 67.5 Å². The van der Waals surface area contributed by atoms with Crippen LogP contribution in [0.1, 0.15) is 62.8 Å². The molecule has 0 spiro atoms. The quantitative estimate of drug-likeness (QED) is 0.306. The summed E-state index contributed by atoms with van der Waals surface area (Å²) in [6.07, 6.45) is 8.06. The van der Waals surface area contributed by atoms with Crippen molar-refractivity contribution in [3.05, 3.63) is 22.4 Å². The lowest BCUT2D eigenvalue weighted by Crippen LogP contribution is -2.46. The van der Waals surface area contributed by atoms with E-state index in [2.05, 4.69) is 51.9 Å². The van der Waals surface area contributed by atoms with Gasteiger partial charge in [-0.1, -0.05) is 18.9 Å². The highest BCUT2D eigenvalue weighted by molar-refractivity contribution is 14.0. The number of aliphatic imine (C=N–C) groups is 1. The molecule has 1 aromatic heterocycles. The summed E-state index contributed by atoms with van der Waals surface area (Å²) in [5.41, 5.74) is 0. The Kier molecular flexibility index (Phi) is 10.1. The zero-order valence-electron chi connectivity index (χ0n) is 19.6. The summed E-state index contributed by atoms with van der Waals surface area (Å²) in [5.74, 6) is 2.10. The van der Waals surface area contributed by atoms with Crippen LogP contribution < -0.4 is 10.6 Å². The lowest BCUT2D eigenvalue weighted by Gasteiger charge is -2.38. The van der Waals surface area contributed by atoms with Crippen molar-refractivity contribution in [2.75, 3.05) is 39.8 Å². The second kappa shape index (κ2) is 12.6. The van der Waals surface area contributed by atoms with Crippen molar-refractivity contribution in [1.29, 1.82) is 0 Å². The van der Waals surface area contributed by atoms with Gasteiger partial charge in [0.2, 0.25) is 5.91 Å². The van der Waals surface area contributed by atoms with Crippen molar-refractivity contribution in [2.45, 2.75) is 64.0 Å². The van der Waals surface area contributed by atoms with Crippen LogP contribution in [0.15, 0.2) is 22.5 Å². The van der Waals surface area contributed by atoms with Crippen LogP contribution in [0.4, 0.5) is 0 Å². The summed E-state index contributed by atoms with van der Waals surface area (Å²) in [5, 5.41) is 9.24. The van der Waals surface area contributed by atoms with Gasteiger partial charge in [0.05, 0.1) is 0 Å². The molecule has 0 bridgehead atoms. The Balaban J connectivity index is 0.00000289. The number of likely N-dealkylation sites (tertiary alicyclic amines) is 2. The number of hydrogen-bond acceptors (Lipinski definition) is 4. The summed E-state index contributed by atoms with van der Waals surface area (Å²) in [6.45, 7) is 6.64. The van der Waals surface area contributed by atoms with Crippen molar-refractivity contribution in [2.24, 2.45) is 16.8 Å². The van der Waals surface area contributed by atoms with E-state index in [1.807, 2.05) is 11.3 Å². The van der Waals surface area contributed by atoms with E-state index in [0.717, 1.165) is 57.9 Å². The molecular formula is C24H40IN5OS. The molecule has 3 aliphatic rings. The molecule has 4 rings (SSSR count). The molecule has 3 unspecified atom stereocenters. The van der Waals surface area contributed by atoms with E-state index in [4.69, 9.17) is 4.99 Å². The summed E-state index contributed by atoms with van der Waals surface area (Å²) in [4.78, 5) is 23.8. The van der Waals surface area contributed by atoms with Crippen LogP contribution in [0.3, 0.4) is 0 Å². The maximum Gasteiger partial charge on any atom is 0.225 e. The van der Waals surface area contributed by atoms with E-state index in [-0.39, 0.29) is 29.9 Å². The molecule has 1 saturated carbocycles. The zero-order valence-corrected chi connectivity index (χ0v) is 22.7. The summed E-state index contributed by atoms with van der Waals surface area (Å²) in [6, 6.07) is 5.19. The van der Waals surface area contributed by atoms with Gasteiger partial charge >= 0.3 is 0 Å². The van der Waals surface area contributed by atoms with Gasteiger partial charge in [0.1, 0.15) is 0 Å². The first kappa shape index (κ1) is 25.7. The molecule has 1 aliphatic carbocycles. The molecule has 6 nitrogen and oxygen atoms in total. The van der Waals surface area contributed by atoms with Gasteiger partial charge in [0.15, 0.2) is 5.96 Å². The molecule has 2 N–H and O–H groups in total. The fourth-order valence-corrected chi connectivity index (χ4v) is 6.57. The Bertz CT molecular complexity index is 737. The number of piperidine rings is 1. The molecule has 3 heterocycles. The van der Waals surface area contributed by atoms with E-state index < -0.39 is 0 Å². The van der Waals surface area contributed by atoms with Gasteiger partial charge in [0, 0.05) is 49.1 Å². The summed E-state index contributed by atoms with van der Waals surface area (Å²) in [7, 11) is 2.25. The number of thiophene rings is 1. The monoisotopic (exact) mass is 573 g/mol. The third-order valence-corrected chi connectivity index (χ3v) is 8.16. The summed E-state index contributed by atoms with van der Waals surface area (Å²) < 4.78 is 0. The average molecular weight is 574 g/mol. The molecule has 180 valence electrons. The number of nitrogens with zero attached hydrogens (tertiary/aromatic N) is 3. The molecule has 1 aromatic rings. The van der Waals surface area contributed by atoms with Gasteiger partial charge in [-0.05, 0) is 70.0 Å². The Morgan fingerprint density at radius 3 is 2.72 bits per heavy atom. The van der Waals surface area contributed by atoms with E-state index in [1.165, 1.54) is 30.6 Å². The SMILES string of the molecule is CCNC(=NCC1CCCN(C)C1c1cccs1)NC1CCN(C(=O)C2CCCC2)C1.I. The van der Waals surface area contributed by atoms with Crippen LogP contribution in [-0.2, 0) is 4.79 Å². The Morgan fingerprint density at radius 2 is 2.00 bits per heavy atom. The van der Waals surface area contributed by atoms with Crippen LogP contribution >= 0.6 is 35.3 Å². The Hall–Kier alpha value is -0.870. The highest BCUT2D eigenvalue weighted by Crippen LogP contribution is 2.37. The van der Waals surface area contributed by atoms with Gasteiger partial charge in [-0.2, -0.15) is 0 Å². The predicted molar refractivity (Wildman–Crippen MR) is 144 cm³/mol. The standard InChI is InChI=1S/C24H39N5OS.HI/c1-3-25-24(27-20-12-14-29(17-20)23(30)18-8-4-5-9-18)26-16-19-10-6-13-28(2)22(19)21-11-7-15-31-21;/h7,11,15,18-20,22H,3-6,8-10,12-14,16-17H2,1-2H3,(H2,25,26,27);1H. The first-order chi connectivity index (χ1) is 15.2. The van der Waals surface area contributed by atoms with Crippen molar-refractivity contribution in [3.8, 4) is 0 Å². The second-order valence-electron chi connectivity index (χ2n) is 9.46. The van der Waals surface area contributed by atoms with Gasteiger partial charge < -0.3 is 15.5 Å². The molecule has 8 heteroatoms. The molecular weight excluding hydrogens is 533 g/mol.